The van der Waals surface area contributed by atoms with E-state index in [1.165, 1.54) is 0 Å². The predicted molar refractivity (Wildman–Crippen MR) is 168 cm³/mol. The largest absolute Gasteiger partial charge is 0.367 e. The SMILES string of the molecule is CN1CCN(c2nc(-c3ccc(C(N)=O)c([C@@H](C(=O)N4C[C@H](C(C)(C)C)[C@H]5OCC(=O)[C@H]54)C4CCCCC4)c3)cs2)CC1. The molecule has 10 heteroatoms. The first-order chi connectivity index (χ1) is 20.5. The van der Waals surface area contributed by atoms with Gasteiger partial charge in [0.2, 0.25) is 11.8 Å². The minimum atomic E-state index is -0.576. The molecule has 1 aromatic heterocycles. The minimum absolute atomic E-state index is 0.0321. The van der Waals surface area contributed by atoms with E-state index in [0.717, 1.165) is 74.7 Å². The Bertz CT molecular complexity index is 1370. The number of carbonyl (C=O) groups is 3. The van der Waals surface area contributed by atoms with Gasteiger partial charge in [-0.25, -0.2) is 4.98 Å². The Hall–Kier alpha value is -2.82. The van der Waals surface area contributed by atoms with Gasteiger partial charge in [0.15, 0.2) is 10.9 Å². The van der Waals surface area contributed by atoms with Gasteiger partial charge in [-0.05, 0) is 48.9 Å². The molecule has 0 unspecified atom stereocenters. The van der Waals surface area contributed by atoms with E-state index < -0.39 is 17.9 Å². The third kappa shape index (κ3) is 5.85. The fourth-order valence-corrected chi connectivity index (χ4v) is 8.52. The predicted octanol–water partition coefficient (Wildman–Crippen LogP) is 4.17. The number of likely N-dealkylation sites (tertiary alicyclic amines) is 1. The van der Waals surface area contributed by atoms with Crippen molar-refractivity contribution in [3.63, 3.8) is 0 Å². The van der Waals surface area contributed by atoms with Gasteiger partial charge in [-0.2, -0.15) is 0 Å². The van der Waals surface area contributed by atoms with Crippen LogP contribution in [0.25, 0.3) is 11.3 Å². The molecule has 0 radical (unpaired) electrons. The number of hydrogen-bond donors (Lipinski definition) is 1. The molecular weight excluding hydrogens is 562 g/mol. The number of amides is 2. The molecule has 2 N–H and O–H groups in total. The summed E-state index contributed by atoms with van der Waals surface area (Å²) in [5, 5.41) is 3.04. The van der Waals surface area contributed by atoms with Crippen LogP contribution in [0.15, 0.2) is 23.6 Å². The van der Waals surface area contributed by atoms with Gasteiger partial charge >= 0.3 is 0 Å². The van der Waals surface area contributed by atoms with Crippen LogP contribution in [0.1, 0.15) is 74.7 Å². The van der Waals surface area contributed by atoms with Crippen LogP contribution in [0.2, 0.25) is 0 Å². The van der Waals surface area contributed by atoms with Crippen molar-refractivity contribution in [2.24, 2.45) is 23.0 Å². The Morgan fingerprint density at radius 1 is 1.09 bits per heavy atom. The molecule has 1 aliphatic carbocycles. The van der Waals surface area contributed by atoms with E-state index >= 15 is 0 Å². The quantitative estimate of drug-likeness (QED) is 0.525. The van der Waals surface area contributed by atoms with Gasteiger partial charge in [-0.3, -0.25) is 14.4 Å². The lowest BCUT2D eigenvalue weighted by atomic mass is 9.74. The second-order valence-corrected chi connectivity index (χ2v) is 14.8. The zero-order valence-electron chi connectivity index (χ0n) is 25.9. The maximum absolute atomic E-state index is 14.8. The molecule has 0 bridgehead atoms. The zero-order valence-corrected chi connectivity index (χ0v) is 26.7. The monoisotopic (exact) mass is 607 g/mol. The van der Waals surface area contributed by atoms with Crippen LogP contribution in [0, 0.1) is 17.3 Å². The van der Waals surface area contributed by atoms with Crippen LogP contribution >= 0.6 is 11.3 Å². The number of carbonyl (C=O) groups excluding carboxylic acids is 3. The van der Waals surface area contributed by atoms with Crippen molar-refractivity contribution in [3.05, 3.63) is 34.7 Å². The van der Waals surface area contributed by atoms with Crippen LogP contribution in [0.5, 0.6) is 0 Å². The number of thiazole rings is 1. The lowest BCUT2D eigenvalue weighted by Gasteiger charge is -2.35. The third-order valence-electron chi connectivity index (χ3n) is 10.2. The molecule has 1 aromatic carbocycles. The molecule has 4 atom stereocenters. The highest BCUT2D eigenvalue weighted by Gasteiger charge is 2.56. The summed E-state index contributed by atoms with van der Waals surface area (Å²) >= 11 is 1.62. The summed E-state index contributed by atoms with van der Waals surface area (Å²) in [6, 6.07) is 5.05. The second-order valence-electron chi connectivity index (χ2n) is 14.0. The molecule has 0 spiro atoms. The molecule has 3 saturated heterocycles. The first kappa shape index (κ1) is 30.2. The van der Waals surface area contributed by atoms with Gasteiger partial charge < -0.3 is 25.2 Å². The molecule has 1 saturated carbocycles. The van der Waals surface area contributed by atoms with Crippen LogP contribution in [0.3, 0.4) is 0 Å². The van der Waals surface area contributed by atoms with Gasteiger partial charge in [0, 0.05) is 55.1 Å². The number of hydrogen-bond acceptors (Lipinski definition) is 8. The van der Waals surface area contributed by atoms with Crippen molar-refractivity contribution in [2.45, 2.75) is 70.9 Å². The number of fused-ring (bicyclic) bond motifs is 1. The number of nitrogens with two attached hydrogens (primary N) is 1. The second kappa shape index (κ2) is 11.9. The first-order valence-electron chi connectivity index (χ1n) is 15.8. The van der Waals surface area contributed by atoms with Crippen LogP contribution in [-0.4, -0.2) is 90.9 Å². The summed E-state index contributed by atoms with van der Waals surface area (Å²) in [5.74, 6) is -1.11. The van der Waals surface area contributed by atoms with Crippen molar-refractivity contribution in [1.29, 1.82) is 0 Å². The van der Waals surface area contributed by atoms with E-state index in [4.69, 9.17) is 15.5 Å². The minimum Gasteiger partial charge on any atom is -0.367 e. The number of piperazine rings is 1. The molecular formula is C33H45N5O4S. The average Bonchev–Trinajstić information content (AvgIpc) is 3.71. The van der Waals surface area contributed by atoms with E-state index in [-0.39, 0.29) is 41.7 Å². The Morgan fingerprint density at radius 3 is 2.49 bits per heavy atom. The Labute approximate surface area is 258 Å². The molecule has 3 aliphatic heterocycles. The van der Waals surface area contributed by atoms with E-state index in [0.29, 0.717) is 17.7 Å². The Morgan fingerprint density at radius 2 is 1.81 bits per heavy atom. The molecule has 2 amide bonds. The summed E-state index contributed by atoms with van der Waals surface area (Å²) in [5.41, 5.74) is 8.57. The number of ether oxygens (including phenoxy) is 1. The fraction of sp³-hybridized carbons (Fsp3) is 0.636. The number of benzene rings is 1. The van der Waals surface area contributed by atoms with E-state index in [1.54, 1.807) is 22.3 Å². The van der Waals surface area contributed by atoms with Gasteiger partial charge in [0.1, 0.15) is 12.6 Å². The van der Waals surface area contributed by atoms with Crippen molar-refractivity contribution < 1.29 is 19.1 Å². The molecule has 6 rings (SSSR count). The van der Waals surface area contributed by atoms with E-state index in [1.807, 2.05) is 12.1 Å². The van der Waals surface area contributed by atoms with Gasteiger partial charge in [-0.15, -0.1) is 11.3 Å². The molecule has 4 fully saturated rings. The van der Waals surface area contributed by atoms with Gasteiger partial charge in [0.25, 0.3) is 0 Å². The number of nitrogens with zero attached hydrogens (tertiary/aromatic N) is 4. The summed E-state index contributed by atoms with van der Waals surface area (Å²) in [7, 11) is 2.14. The fourth-order valence-electron chi connectivity index (χ4n) is 7.63. The number of aromatic nitrogens is 1. The molecule has 232 valence electrons. The van der Waals surface area contributed by atoms with Crippen LogP contribution in [0.4, 0.5) is 5.13 Å². The molecule has 9 nitrogen and oxygen atoms in total. The summed E-state index contributed by atoms with van der Waals surface area (Å²) in [4.78, 5) is 52.2. The number of likely N-dealkylation sites (N-methyl/N-ethyl adjacent to an activating group) is 1. The number of Topliss-reactive ketones (excluding diaryl/α,β-unsaturated/α-hetero) is 1. The normalized spacial score (nSPS) is 26.1. The Balaban J connectivity index is 1.38. The summed E-state index contributed by atoms with van der Waals surface area (Å²) in [6.07, 6.45) is 4.73. The highest BCUT2D eigenvalue weighted by molar-refractivity contribution is 7.14. The lowest BCUT2D eigenvalue weighted by molar-refractivity contribution is -0.139. The molecule has 43 heavy (non-hydrogen) atoms. The number of ketones is 1. The molecule has 4 aliphatic rings. The smallest absolute Gasteiger partial charge is 0.249 e. The van der Waals surface area contributed by atoms with Crippen molar-refractivity contribution in [2.75, 3.05) is 51.3 Å². The Kier molecular flexibility index (Phi) is 8.39. The van der Waals surface area contributed by atoms with E-state index in [9.17, 15) is 14.4 Å². The molecule has 4 heterocycles. The highest BCUT2D eigenvalue weighted by atomic mass is 32.1. The number of anilines is 1. The average molecular weight is 608 g/mol. The van der Waals surface area contributed by atoms with Crippen molar-refractivity contribution in [3.8, 4) is 11.3 Å². The zero-order chi connectivity index (χ0) is 30.5. The first-order valence-corrected chi connectivity index (χ1v) is 16.7. The number of rotatable bonds is 6. The van der Waals surface area contributed by atoms with Crippen LogP contribution < -0.4 is 10.6 Å². The lowest BCUT2D eigenvalue weighted by Crippen LogP contribution is -2.46. The highest BCUT2D eigenvalue weighted by Crippen LogP contribution is 2.46. The number of primary amides is 1. The summed E-state index contributed by atoms with van der Waals surface area (Å²) in [6.45, 7) is 10.8. The van der Waals surface area contributed by atoms with Crippen LogP contribution in [-0.2, 0) is 14.3 Å². The maximum Gasteiger partial charge on any atom is 0.249 e. The molecule has 2 aromatic rings. The summed E-state index contributed by atoms with van der Waals surface area (Å²) < 4.78 is 6.01. The van der Waals surface area contributed by atoms with Gasteiger partial charge in [0.05, 0.1) is 17.7 Å². The maximum atomic E-state index is 14.8. The standard InChI is InChI=1S/C33H45N5O4S/c1-33(2,3)24-17-38(28-26(39)18-42-29(24)28)31(41)27(20-8-6-5-7-9-20)23-16-21(10-11-22(23)30(34)40)25-19-43-32(35-25)37-14-12-36(4)13-15-37/h10-11,16,19-20,24,27-29H,5-9,12-15,17-18H2,1-4H3,(H2,34,40)/t24-,27-,28+,29+/m0/s1. The van der Waals surface area contributed by atoms with Crippen molar-refractivity contribution in [1.82, 2.24) is 14.8 Å². The van der Waals surface area contributed by atoms with Gasteiger partial charge in [-0.1, -0.05) is 46.1 Å². The van der Waals surface area contributed by atoms with E-state index in [2.05, 4.69) is 43.0 Å². The topological polar surface area (TPSA) is 109 Å². The third-order valence-corrected chi connectivity index (χ3v) is 11.1. The van der Waals surface area contributed by atoms with Crippen molar-refractivity contribution >= 4 is 34.1 Å².